The topological polar surface area (TPSA) is 109 Å². The summed E-state index contributed by atoms with van der Waals surface area (Å²) in [5.41, 5.74) is 0.958. The maximum atomic E-state index is 12.8. The highest BCUT2D eigenvalue weighted by Gasteiger charge is 2.34. The summed E-state index contributed by atoms with van der Waals surface area (Å²) in [5.74, 6) is -0.745. The van der Waals surface area contributed by atoms with Gasteiger partial charge in [0.15, 0.2) is 11.5 Å². The van der Waals surface area contributed by atoms with E-state index in [1.165, 1.54) is 76.1 Å². The molecule has 338 valence electrons. The Kier molecular flexibility index (Phi) is 18.7. The highest BCUT2D eigenvalue weighted by atomic mass is 19.4. The zero-order valence-electron chi connectivity index (χ0n) is 36.2. The lowest BCUT2D eigenvalue weighted by atomic mass is 9.86. The van der Waals surface area contributed by atoms with Crippen LogP contribution in [-0.2, 0) is 21.9 Å². The number of esters is 1. The summed E-state index contributed by atoms with van der Waals surface area (Å²) < 4.78 is 81.8. The minimum Gasteiger partial charge on any atom is -0.422 e. The monoisotopic (exact) mass is 878 g/mol. The molecule has 1 aliphatic carbocycles. The molecular formula is C49H56F6N4O4. The fraction of sp³-hybridized carbons (Fsp3) is 0.408. The Morgan fingerprint density at radius 1 is 0.683 bits per heavy atom. The molecule has 0 radical (unpaired) electrons. The van der Waals surface area contributed by atoms with E-state index < -0.39 is 29.4 Å². The maximum absolute atomic E-state index is 12.8. The Morgan fingerprint density at radius 3 is 1.57 bits per heavy atom. The first-order valence-electron chi connectivity index (χ1n) is 21.3. The van der Waals surface area contributed by atoms with Crippen LogP contribution in [0.25, 0.3) is 12.2 Å². The van der Waals surface area contributed by atoms with E-state index in [2.05, 4.69) is 41.6 Å². The predicted octanol–water partition coefficient (Wildman–Crippen LogP) is 12.6. The first-order chi connectivity index (χ1) is 29.9. The van der Waals surface area contributed by atoms with E-state index in [9.17, 15) is 40.7 Å². The Bertz CT molecular complexity index is 2090. The van der Waals surface area contributed by atoms with E-state index in [4.69, 9.17) is 4.74 Å². The van der Waals surface area contributed by atoms with Crippen LogP contribution in [0, 0.1) is 5.41 Å². The van der Waals surface area contributed by atoms with Gasteiger partial charge >= 0.3 is 18.3 Å². The number of ketones is 2. The van der Waals surface area contributed by atoms with Crippen molar-refractivity contribution in [1.82, 2.24) is 10.6 Å². The van der Waals surface area contributed by atoms with Gasteiger partial charge in [-0.3, -0.25) is 14.4 Å². The standard InChI is InChI=1S/C25H24F6N4.C24H32O4/c1-23(2)15-32-22(33-16-23)35-34-21(13-7-17-3-9-19(10-4-17)24(26,27)28)14-8-18-5-11-20(12-6-18)25(29,30)31;1-3-4-5-6-7-8-9-10-11-12-17-21-22(26)19-15-13-14-16-20(19)23(27)24(21)28-18(2)25/h3-14H,15-16H2,1-2H3,(H2,32,33,35);13-16H,3-12,17H2,1-2H3. The van der Waals surface area contributed by atoms with Gasteiger partial charge in [-0.05, 0) is 65.8 Å². The molecule has 0 saturated carbocycles. The number of carbonyl (C=O) groups is 3. The van der Waals surface area contributed by atoms with Crippen LogP contribution in [0.4, 0.5) is 26.3 Å². The van der Waals surface area contributed by atoms with Gasteiger partial charge < -0.3 is 15.4 Å². The van der Waals surface area contributed by atoms with Gasteiger partial charge in [0.1, 0.15) is 0 Å². The molecule has 0 bridgehead atoms. The first kappa shape index (κ1) is 49.9. The predicted molar refractivity (Wildman–Crippen MR) is 236 cm³/mol. The molecule has 0 aromatic heterocycles. The van der Waals surface area contributed by atoms with Crippen LogP contribution in [0.5, 0.6) is 0 Å². The highest BCUT2D eigenvalue weighted by molar-refractivity contribution is 6.26. The quantitative estimate of drug-likeness (QED) is 0.0460. The van der Waals surface area contributed by atoms with Crippen LogP contribution >= 0.6 is 0 Å². The SMILES string of the molecule is CC1(C)CNC(=NN=C(C=Cc2ccc(C(F)(F)F)cc2)C=Cc2ccc(C(F)(F)F)cc2)NC1.CCCCCCCCCCCCC1=C(OC(C)=O)C(=O)c2ccccc2C1=O. The van der Waals surface area contributed by atoms with Gasteiger partial charge in [-0.1, -0.05) is 139 Å². The lowest BCUT2D eigenvalue weighted by molar-refractivity contribution is -0.138. The van der Waals surface area contributed by atoms with Gasteiger partial charge in [-0.15, -0.1) is 10.2 Å². The number of hydrogen-bond acceptors (Lipinski definition) is 6. The summed E-state index contributed by atoms with van der Waals surface area (Å²) in [6.07, 6.45) is 9.85. The third kappa shape index (κ3) is 16.4. The number of guanidine groups is 1. The van der Waals surface area contributed by atoms with Gasteiger partial charge in [0.25, 0.3) is 0 Å². The lowest BCUT2D eigenvalue weighted by Gasteiger charge is -2.31. The third-order valence-corrected chi connectivity index (χ3v) is 10.3. The molecule has 1 saturated heterocycles. The second kappa shape index (κ2) is 23.6. The third-order valence-electron chi connectivity index (χ3n) is 10.3. The van der Waals surface area contributed by atoms with Crippen LogP contribution in [0.15, 0.2) is 106 Å². The summed E-state index contributed by atoms with van der Waals surface area (Å²) in [7, 11) is 0. The molecule has 0 amide bonds. The largest absolute Gasteiger partial charge is 0.422 e. The number of allylic oxidation sites excluding steroid dienone is 4. The zero-order valence-corrected chi connectivity index (χ0v) is 36.2. The van der Waals surface area contributed by atoms with Crippen molar-refractivity contribution in [3.63, 3.8) is 0 Å². The summed E-state index contributed by atoms with van der Waals surface area (Å²) in [6.45, 7) is 9.02. The van der Waals surface area contributed by atoms with Gasteiger partial charge in [-0.25, -0.2) is 0 Å². The Hall–Kier alpha value is -5.79. The molecule has 2 aliphatic rings. The molecule has 3 aromatic carbocycles. The molecule has 0 unspecified atom stereocenters. The highest BCUT2D eigenvalue weighted by Crippen LogP contribution is 2.32. The van der Waals surface area contributed by atoms with Gasteiger partial charge in [0, 0.05) is 36.7 Å². The smallest absolute Gasteiger partial charge is 0.416 e. The number of fused-ring (bicyclic) bond motifs is 1. The molecule has 0 spiro atoms. The summed E-state index contributed by atoms with van der Waals surface area (Å²) in [6, 6.07) is 16.0. The van der Waals surface area contributed by atoms with E-state index >= 15 is 0 Å². The lowest BCUT2D eigenvalue weighted by Crippen LogP contribution is -2.53. The molecule has 3 aromatic rings. The number of alkyl halides is 6. The van der Waals surface area contributed by atoms with Crippen molar-refractivity contribution in [2.24, 2.45) is 15.6 Å². The second-order valence-corrected chi connectivity index (χ2v) is 16.3. The number of hydrogen-bond donors (Lipinski definition) is 2. The second-order valence-electron chi connectivity index (χ2n) is 16.3. The number of rotatable bonds is 17. The number of Topliss-reactive ketones (excluding diaryl/α,β-unsaturated/α-hetero) is 2. The van der Waals surface area contributed by atoms with E-state index in [-0.39, 0.29) is 22.7 Å². The molecule has 63 heavy (non-hydrogen) atoms. The van der Waals surface area contributed by atoms with E-state index in [1.54, 1.807) is 48.6 Å². The molecule has 14 heteroatoms. The Balaban J connectivity index is 0.000000284. The number of nitrogens with zero attached hydrogens (tertiary/aromatic N) is 2. The van der Waals surface area contributed by atoms with Crippen LogP contribution in [0.3, 0.4) is 0 Å². The number of halogens is 6. The van der Waals surface area contributed by atoms with Gasteiger partial charge in [0.2, 0.25) is 11.7 Å². The molecule has 2 N–H and O–H groups in total. The van der Waals surface area contributed by atoms with Crippen molar-refractivity contribution < 1.29 is 45.5 Å². The Morgan fingerprint density at radius 2 is 1.13 bits per heavy atom. The average Bonchev–Trinajstić information content (AvgIpc) is 3.24. The molecular weight excluding hydrogens is 823 g/mol. The number of carbonyl (C=O) groups excluding carboxylic acids is 3. The average molecular weight is 879 g/mol. The fourth-order valence-corrected chi connectivity index (χ4v) is 6.67. The fourth-order valence-electron chi connectivity index (χ4n) is 6.67. The first-order valence-corrected chi connectivity index (χ1v) is 21.3. The summed E-state index contributed by atoms with van der Waals surface area (Å²) in [5, 5.41) is 14.6. The molecule has 8 nitrogen and oxygen atoms in total. The number of nitrogens with one attached hydrogen (secondary N) is 2. The summed E-state index contributed by atoms with van der Waals surface area (Å²) in [4.78, 5) is 37.0. The van der Waals surface area contributed by atoms with E-state index in [0.717, 1.165) is 43.5 Å². The Labute approximate surface area is 365 Å². The normalized spacial score (nSPS) is 15.0. The molecule has 5 rings (SSSR count). The van der Waals surface area contributed by atoms with Crippen molar-refractivity contribution in [1.29, 1.82) is 0 Å². The molecule has 1 fully saturated rings. The summed E-state index contributed by atoms with van der Waals surface area (Å²) >= 11 is 0. The van der Waals surface area contributed by atoms with Crippen molar-refractivity contribution in [3.8, 4) is 0 Å². The van der Waals surface area contributed by atoms with Crippen molar-refractivity contribution in [2.45, 2.75) is 111 Å². The molecule has 1 aliphatic heterocycles. The molecule has 0 atom stereocenters. The van der Waals surface area contributed by atoms with Crippen molar-refractivity contribution >= 4 is 41.4 Å². The maximum Gasteiger partial charge on any atom is 0.416 e. The van der Waals surface area contributed by atoms with Gasteiger partial charge in [-0.2, -0.15) is 26.3 Å². The van der Waals surface area contributed by atoms with E-state index in [0.29, 0.717) is 59.0 Å². The minimum absolute atomic E-state index is 0.0382. The van der Waals surface area contributed by atoms with Crippen LogP contribution < -0.4 is 10.6 Å². The number of unbranched alkanes of at least 4 members (excludes halogenated alkanes) is 9. The number of ether oxygens (including phenoxy) is 1. The number of benzene rings is 3. The van der Waals surface area contributed by atoms with E-state index in [1.807, 2.05) is 0 Å². The van der Waals surface area contributed by atoms with Crippen molar-refractivity contribution in [2.75, 3.05) is 13.1 Å². The zero-order chi connectivity index (χ0) is 46.0. The van der Waals surface area contributed by atoms with Gasteiger partial charge in [0.05, 0.1) is 16.8 Å². The minimum atomic E-state index is -4.43. The molecule has 1 heterocycles. The van der Waals surface area contributed by atoms with Crippen molar-refractivity contribution in [3.05, 3.63) is 130 Å². The van der Waals surface area contributed by atoms with Crippen LogP contribution in [0.2, 0.25) is 0 Å². The van der Waals surface area contributed by atoms with Crippen LogP contribution in [-0.4, -0.2) is 42.3 Å². The van der Waals surface area contributed by atoms with Crippen LogP contribution in [0.1, 0.15) is 141 Å².